The van der Waals surface area contributed by atoms with Gasteiger partial charge in [0.1, 0.15) is 5.75 Å². The van der Waals surface area contributed by atoms with Crippen molar-refractivity contribution < 1.29 is 14.3 Å². The predicted molar refractivity (Wildman–Crippen MR) is 95.7 cm³/mol. The Balaban J connectivity index is 0.00000208. The van der Waals surface area contributed by atoms with E-state index >= 15 is 0 Å². The Morgan fingerprint density at radius 1 is 1.38 bits per heavy atom. The number of benzene rings is 1. The molecule has 134 valence electrons. The highest BCUT2D eigenvalue weighted by atomic mass is 35.5. The van der Waals surface area contributed by atoms with E-state index in [4.69, 9.17) is 9.47 Å². The van der Waals surface area contributed by atoms with E-state index < -0.39 is 5.41 Å². The van der Waals surface area contributed by atoms with Gasteiger partial charge in [-0.3, -0.25) is 4.79 Å². The molecule has 6 heteroatoms. The molecule has 2 aliphatic heterocycles. The van der Waals surface area contributed by atoms with E-state index in [2.05, 4.69) is 16.7 Å². The van der Waals surface area contributed by atoms with Crippen molar-refractivity contribution in [2.75, 3.05) is 33.4 Å². The molecule has 0 saturated carbocycles. The third kappa shape index (κ3) is 4.02. The molecular formula is C18H27ClN2O3. The molecule has 1 fully saturated rings. The zero-order valence-electron chi connectivity index (χ0n) is 14.2. The molecule has 1 atom stereocenters. The van der Waals surface area contributed by atoms with E-state index in [0.717, 1.165) is 50.1 Å². The van der Waals surface area contributed by atoms with Crippen LogP contribution in [-0.2, 0) is 9.53 Å². The maximum absolute atomic E-state index is 13.0. The van der Waals surface area contributed by atoms with Gasteiger partial charge in [-0.25, -0.2) is 0 Å². The summed E-state index contributed by atoms with van der Waals surface area (Å²) in [4.78, 5) is 13.0. The molecule has 1 aromatic rings. The molecule has 24 heavy (non-hydrogen) atoms. The number of methoxy groups -OCH3 is 1. The van der Waals surface area contributed by atoms with Crippen molar-refractivity contribution in [1.82, 2.24) is 10.6 Å². The number of fused-ring (bicyclic) bond motifs is 1. The summed E-state index contributed by atoms with van der Waals surface area (Å²) in [6.45, 7) is 2.91. The lowest BCUT2D eigenvalue weighted by Gasteiger charge is -2.36. The maximum Gasteiger partial charge on any atom is 0.229 e. The smallest absolute Gasteiger partial charge is 0.229 e. The van der Waals surface area contributed by atoms with Gasteiger partial charge in [0.2, 0.25) is 5.91 Å². The second-order valence-electron chi connectivity index (χ2n) is 6.52. The van der Waals surface area contributed by atoms with E-state index in [9.17, 15) is 4.79 Å². The Morgan fingerprint density at radius 3 is 2.88 bits per heavy atom. The SMILES string of the molecule is COCC1(C(=O)NC2CCCOc3ccccc32)CCNCC1.Cl. The van der Waals surface area contributed by atoms with Gasteiger partial charge >= 0.3 is 0 Å². The van der Waals surface area contributed by atoms with Crippen molar-refractivity contribution in [2.45, 2.75) is 31.7 Å². The second-order valence-corrected chi connectivity index (χ2v) is 6.52. The fourth-order valence-electron chi connectivity index (χ4n) is 3.60. The first-order valence-corrected chi connectivity index (χ1v) is 8.47. The average Bonchev–Trinajstić information content (AvgIpc) is 2.79. The van der Waals surface area contributed by atoms with Crippen molar-refractivity contribution in [1.29, 1.82) is 0 Å². The third-order valence-electron chi connectivity index (χ3n) is 4.96. The van der Waals surface area contributed by atoms with Crippen molar-refractivity contribution in [3.63, 3.8) is 0 Å². The van der Waals surface area contributed by atoms with E-state index in [0.29, 0.717) is 13.2 Å². The summed E-state index contributed by atoms with van der Waals surface area (Å²) in [5, 5.41) is 6.61. The number of para-hydroxylation sites is 1. The van der Waals surface area contributed by atoms with Crippen molar-refractivity contribution in [3.05, 3.63) is 29.8 Å². The first-order chi connectivity index (χ1) is 11.2. The molecule has 1 amide bonds. The molecule has 0 spiro atoms. The Morgan fingerprint density at radius 2 is 2.12 bits per heavy atom. The Kier molecular flexibility index (Phi) is 6.90. The molecule has 1 saturated heterocycles. The lowest BCUT2D eigenvalue weighted by molar-refractivity contribution is -0.137. The van der Waals surface area contributed by atoms with Crippen LogP contribution in [0.1, 0.15) is 37.3 Å². The quantitative estimate of drug-likeness (QED) is 0.872. The number of rotatable bonds is 4. The molecule has 1 unspecified atom stereocenters. The molecule has 1 aromatic carbocycles. The zero-order chi connectivity index (χ0) is 16.1. The number of carbonyl (C=O) groups is 1. The Hall–Kier alpha value is -1.30. The van der Waals surface area contributed by atoms with Gasteiger partial charge in [0.25, 0.3) is 0 Å². The summed E-state index contributed by atoms with van der Waals surface area (Å²) in [6, 6.07) is 8.03. The number of piperidine rings is 1. The third-order valence-corrected chi connectivity index (χ3v) is 4.96. The normalized spacial score (nSPS) is 22.3. The number of ether oxygens (including phenoxy) is 2. The molecule has 0 aliphatic carbocycles. The number of nitrogens with one attached hydrogen (secondary N) is 2. The van der Waals surface area contributed by atoms with Crippen LogP contribution in [0.25, 0.3) is 0 Å². The minimum atomic E-state index is -0.415. The number of hydrogen-bond donors (Lipinski definition) is 2. The van der Waals surface area contributed by atoms with Crippen molar-refractivity contribution in [2.24, 2.45) is 5.41 Å². The monoisotopic (exact) mass is 354 g/mol. The number of carbonyl (C=O) groups excluding carboxylic acids is 1. The molecule has 2 heterocycles. The van der Waals surface area contributed by atoms with Gasteiger partial charge in [0, 0.05) is 12.7 Å². The van der Waals surface area contributed by atoms with Crippen LogP contribution >= 0.6 is 12.4 Å². The predicted octanol–water partition coefficient (Wildman–Crippen LogP) is 2.45. The van der Waals surface area contributed by atoms with Crippen LogP contribution in [0.5, 0.6) is 5.75 Å². The standard InChI is InChI=1S/C18H26N2O3.ClH/c1-22-13-18(8-10-19-11-9-18)17(21)20-15-6-4-12-23-16-7-3-2-5-14(15)16;/h2-3,5,7,15,19H,4,6,8-13H2,1H3,(H,20,21);1H. The van der Waals surface area contributed by atoms with Crippen LogP contribution in [-0.4, -0.2) is 39.3 Å². The maximum atomic E-state index is 13.0. The highest BCUT2D eigenvalue weighted by molar-refractivity contribution is 5.85. The number of halogens is 1. The van der Waals surface area contributed by atoms with Crippen LogP contribution in [0.3, 0.4) is 0 Å². The molecule has 0 aromatic heterocycles. The first-order valence-electron chi connectivity index (χ1n) is 8.47. The Labute approximate surface area is 149 Å². The average molecular weight is 355 g/mol. The highest BCUT2D eigenvalue weighted by Gasteiger charge is 2.40. The molecular weight excluding hydrogens is 328 g/mol. The fourth-order valence-corrected chi connectivity index (χ4v) is 3.60. The van der Waals surface area contributed by atoms with E-state index in [1.54, 1.807) is 7.11 Å². The van der Waals surface area contributed by atoms with E-state index in [-0.39, 0.29) is 24.4 Å². The van der Waals surface area contributed by atoms with Crippen LogP contribution in [0.15, 0.2) is 24.3 Å². The molecule has 3 rings (SSSR count). The number of hydrogen-bond acceptors (Lipinski definition) is 4. The Bertz CT molecular complexity index is 541. The van der Waals surface area contributed by atoms with Crippen LogP contribution < -0.4 is 15.4 Å². The largest absolute Gasteiger partial charge is 0.493 e. The van der Waals surface area contributed by atoms with Gasteiger partial charge in [-0.1, -0.05) is 18.2 Å². The minimum Gasteiger partial charge on any atom is -0.493 e. The summed E-state index contributed by atoms with van der Waals surface area (Å²) in [6.07, 6.45) is 3.48. The van der Waals surface area contributed by atoms with Gasteiger partial charge < -0.3 is 20.1 Å². The molecule has 0 radical (unpaired) electrons. The summed E-state index contributed by atoms with van der Waals surface area (Å²) in [5.74, 6) is 1.00. The van der Waals surface area contributed by atoms with Crippen LogP contribution in [0.4, 0.5) is 0 Å². The van der Waals surface area contributed by atoms with Gasteiger partial charge in [0.05, 0.1) is 24.7 Å². The van der Waals surface area contributed by atoms with E-state index in [1.807, 2.05) is 18.2 Å². The summed E-state index contributed by atoms with van der Waals surface area (Å²) in [7, 11) is 1.67. The molecule has 5 nitrogen and oxygen atoms in total. The fraction of sp³-hybridized carbons (Fsp3) is 0.611. The lowest BCUT2D eigenvalue weighted by Crippen LogP contribution is -2.50. The van der Waals surface area contributed by atoms with Gasteiger partial charge in [0.15, 0.2) is 0 Å². The molecule has 2 aliphatic rings. The topological polar surface area (TPSA) is 59.6 Å². The lowest BCUT2D eigenvalue weighted by atomic mass is 9.78. The summed E-state index contributed by atoms with van der Waals surface area (Å²) < 4.78 is 11.2. The minimum absolute atomic E-state index is 0. The molecule has 2 N–H and O–H groups in total. The summed E-state index contributed by atoms with van der Waals surface area (Å²) in [5.41, 5.74) is 0.669. The van der Waals surface area contributed by atoms with Crippen LogP contribution in [0, 0.1) is 5.41 Å². The van der Waals surface area contributed by atoms with Gasteiger partial charge in [-0.15, -0.1) is 12.4 Å². The first kappa shape index (κ1) is 19.0. The van der Waals surface area contributed by atoms with Gasteiger partial charge in [-0.2, -0.15) is 0 Å². The second kappa shape index (κ2) is 8.70. The molecule has 0 bridgehead atoms. The zero-order valence-corrected chi connectivity index (χ0v) is 15.0. The summed E-state index contributed by atoms with van der Waals surface area (Å²) >= 11 is 0. The van der Waals surface area contributed by atoms with Gasteiger partial charge in [-0.05, 0) is 44.8 Å². The highest BCUT2D eigenvalue weighted by Crippen LogP contribution is 2.34. The van der Waals surface area contributed by atoms with Crippen molar-refractivity contribution in [3.8, 4) is 5.75 Å². The van der Waals surface area contributed by atoms with Crippen molar-refractivity contribution >= 4 is 18.3 Å². The van der Waals surface area contributed by atoms with E-state index in [1.165, 1.54) is 0 Å². The number of amides is 1. The van der Waals surface area contributed by atoms with Crippen LogP contribution in [0.2, 0.25) is 0 Å².